The summed E-state index contributed by atoms with van der Waals surface area (Å²) in [6, 6.07) is 8.85. The Hall–Kier alpha value is -3.79. The number of rotatable bonds is 8. The molecule has 3 rings (SSSR count). The predicted octanol–water partition coefficient (Wildman–Crippen LogP) is 2.07. The summed E-state index contributed by atoms with van der Waals surface area (Å²) < 4.78 is 21.6. The molecule has 1 heterocycles. The Morgan fingerprint density at radius 2 is 1.50 bits per heavy atom. The Morgan fingerprint density at radius 3 is 2.03 bits per heavy atom. The van der Waals surface area contributed by atoms with Gasteiger partial charge in [0.05, 0.1) is 40.7 Å². The average Bonchev–Trinajstić information content (AvgIpc) is 3.27. The van der Waals surface area contributed by atoms with E-state index in [2.05, 4.69) is 20.7 Å². The van der Waals surface area contributed by atoms with Gasteiger partial charge in [0.25, 0.3) is 0 Å². The summed E-state index contributed by atoms with van der Waals surface area (Å²) in [6.07, 6.45) is 0. The zero-order chi connectivity index (χ0) is 21.7. The number of hydrogen-bond donors (Lipinski definition) is 3. The Kier molecular flexibility index (Phi) is 6.38. The zero-order valence-corrected chi connectivity index (χ0v) is 17.1. The number of nitrogens with two attached hydrogens (primary N) is 1. The molecule has 0 aliphatic carbocycles. The van der Waals surface area contributed by atoms with Crippen LogP contribution in [0.4, 0.5) is 5.69 Å². The van der Waals surface area contributed by atoms with E-state index in [0.29, 0.717) is 51.2 Å². The van der Waals surface area contributed by atoms with E-state index in [4.69, 9.17) is 24.7 Å². The minimum absolute atomic E-state index is 0.145. The van der Waals surface area contributed by atoms with E-state index in [-0.39, 0.29) is 12.5 Å². The van der Waals surface area contributed by atoms with Crippen molar-refractivity contribution in [2.24, 2.45) is 5.73 Å². The first kappa shape index (κ1) is 20.9. The number of H-pyrrole nitrogens is 1. The van der Waals surface area contributed by atoms with Crippen molar-refractivity contribution < 1.29 is 23.7 Å². The van der Waals surface area contributed by atoms with E-state index in [1.54, 1.807) is 38.5 Å². The number of ether oxygens (including phenoxy) is 4. The Labute approximate surface area is 173 Å². The monoisotopic (exact) mass is 413 g/mol. The molecule has 2 aromatic carbocycles. The van der Waals surface area contributed by atoms with Crippen molar-refractivity contribution in [3.63, 3.8) is 0 Å². The van der Waals surface area contributed by atoms with Crippen LogP contribution in [0.5, 0.6) is 23.0 Å². The zero-order valence-electron chi connectivity index (χ0n) is 17.1. The highest BCUT2D eigenvalue weighted by Gasteiger charge is 2.20. The molecule has 158 valence electrons. The van der Waals surface area contributed by atoms with Crippen LogP contribution in [0.15, 0.2) is 30.3 Å². The highest BCUT2D eigenvalue weighted by molar-refractivity contribution is 5.94. The van der Waals surface area contributed by atoms with E-state index in [1.165, 1.54) is 14.2 Å². The van der Waals surface area contributed by atoms with Crippen LogP contribution in [-0.2, 0) is 4.79 Å². The summed E-state index contributed by atoms with van der Waals surface area (Å²) in [5.41, 5.74) is 8.43. The molecule has 3 aromatic rings. The summed E-state index contributed by atoms with van der Waals surface area (Å²) in [4.78, 5) is 11.8. The third-order valence-corrected chi connectivity index (χ3v) is 4.42. The Morgan fingerprint density at radius 1 is 0.900 bits per heavy atom. The summed E-state index contributed by atoms with van der Waals surface area (Å²) in [6.45, 7) is -0.145. The fourth-order valence-corrected chi connectivity index (χ4v) is 3.01. The lowest BCUT2D eigenvalue weighted by atomic mass is 10.0. The number of carbonyl (C=O) groups excluding carboxylic acids is 1. The molecular weight excluding hydrogens is 390 g/mol. The second-order valence-corrected chi connectivity index (χ2v) is 6.10. The minimum Gasteiger partial charge on any atom is -0.495 e. The topological polar surface area (TPSA) is 134 Å². The average molecular weight is 413 g/mol. The van der Waals surface area contributed by atoms with Crippen molar-refractivity contribution in [2.45, 2.75) is 0 Å². The van der Waals surface area contributed by atoms with Gasteiger partial charge in [-0.2, -0.15) is 15.4 Å². The van der Waals surface area contributed by atoms with Gasteiger partial charge in [0.15, 0.2) is 11.5 Å². The van der Waals surface area contributed by atoms with Crippen LogP contribution >= 0.6 is 0 Å². The molecule has 4 N–H and O–H groups in total. The number of aromatic nitrogens is 3. The maximum atomic E-state index is 11.8. The molecular formula is C20H23N5O5. The van der Waals surface area contributed by atoms with Gasteiger partial charge in [0.2, 0.25) is 11.7 Å². The van der Waals surface area contributed by atoms with Crippen LogP contribution in [0, 0.1) is 0 Å². The number of hydrogen-bond acceptors (Lipinski definition) is 8. The van der Waals surface area contributed by atoms with Gasteiger partial charge in [-0.15, -0.1) is 0 Å². The van der Waals surface area contributed by atoms with Gasteiger partial charge >= 0.3 is 0 Å². The molecule has 0 atom stereocenters. The van der Waals surface area contributed by atoms with E-state index in [9.17, 15) is 4.79 Å². The molecule has 0 saturated carbocycles. The molecule has 1 amide bonds. The largest absolute Gasteiger partial charge is 0.495 e. The van der Waals surface area contributed by atoms with Crippen molar-refractivity contribution in [1.29, 1.82) is 0 Å². The fraction of sp³-hybridized carbons (Fsp3) is 0.250. The van der Waals surface area contributed by atoms with Crippen LogP contribution in [0.25, 0.3) is 22.5 Å². The lowest BCUT2D eigenvalue weighted by molar-refractivity contribution is -0.114. The second-order valence-electron chi connectivity index (χ2n) is 6.10. The van der Waals surface area contributed by atoms with Crippen LogP contribution in [0.1, 0.15) is 0 Å². The van der Waals surface area contributed by atoms with E-state index in [0.717, 1.165) is 0 Å². The second kappa shape index (κ2) is 9.14. The summed E-state index contributed by atoms with van der Waals surface area (Å²) in [7, 11) is 6.14. The van der Waals surface area contributed by atoms with Crippen LogP contribution < -0.4 is 30.0 Å². The number of aromatic amines is 1. The molecule has 0 spiro atoms. The molecule has 1 aromatic heterocycles. The quantitative estimate of drug-likeness (QED) is 0.511. The van der Waals surface area contributed by atoms with Gasteiger partial charge in [-0.05, 0) is 30.3 Å². The van der Waals surface area contributed by atoms with Crippen molar-refractivity contribution >= 4 is 11.6 Å². The Balaban J connectivity index is 2.10. The number of methoxy groups -OCH3 is 4. The van der Waals surface area contributed by atoms with Crippen LogP contribution in [0.3, 0.4) is 0 Å². The van der Waals surface area contributed by atoms with Gasteiger partial charge in [0.1, 0.15) is 17.1 Å². The number of carbonyl (C=O) groups is 1. The molecule has 0 aliphatic rings. The number of benzene rings is 2. The molecule has 0 bridgehead atoms. The summed E-state index contributed by atoms with van der Waals surface area (Å²) in [5, 5.41) is 13.9. The normalized spacial score (nSPS) is 10.4. The predicted molar refractivity (Wildman–Crippen MR) is 111 cm³/mol. The fourth-order valence-electron chi connectivity index (χ4n) is 3.01. The third-order valence-electron chi connectivity index (χ3n) is 4.42. The smallest absolute Gasteiger partial charge is 0.238 e. The van der Waals surface area contributed by atoms with Crippen molar-refractivity contribution in [2.75, 3.05) is 40.3 Å². The highest BCUT2D eigenvalue weighted by atomic mass is 16.5. The first-order chi connectivity index (χ1) is 14.6. The molecule has 10 nitrogen and oxygen atoms in total. The molecule has 0 radical (unpaired) electrons. The third kappa shape index (κ3) is 3.98. The number of nitrogens with zero attached hydrogens (tertiary/aromatic N) is 2. The van der Waals surface area contributed by atoms with Crippen molar-refractivity contribution in [3.8, 4) is 45.5 Å². The first-order valence-electron chi connectivity index (χ1n) is 8.95. The van der Waals surface area contributed by atoms with Crippen molar-refractivity contribution in [1.82, 2.24) is 15.4 Å². The van der Waals surface area contributed by atoms with Gasteiger partial charge in [-0.1, -0.05) is 0 Å². The van der Waals surface area contributed by atoms with Crippen molar-refractivity contribution in [3.05, 3.63) is 30.3 Å². The SMILES string of the molecule is COc1ccc(-c2n[nH]nc2-c2cc(OC)c(OC)c(OC)c2)cc1NC(=O)CN. The summed E-state index contributed by atoms with van der Waals surface area (Å²) >= 11 is 0. The lowest BCUT2D eigenvalue weighted by Gasteiger charge is -2.14. The standard InChI is InChI=1S/C20H23N5O5/c1-27-14-6-5-11(7-13(14)22-17(26)10-21)18-19(24-25-23-18)12-8-15(28-2)20(30-4)16(9-12)29-3/h5-9H,10,21H2,1-4H3,(H,22,26)(H,23,24,25). The van der Waals surface area contributed by atoms with Gasteiger partial charge in [0, 0.05) is 11.1 Å². The van der Waals surface area contributed by atoms with Crippen LogP contribution in [-0.4, -0.2) is 56.3 Å². The highest BCUT2D eigenvalue weighted by Crippen LogP contribution is 2.42. The van der Waals surface area contributed by atoms with Gasteiger partial charge in [-0.25, -0.2) is 0 Å². The Bertz CT molecular complexity index is 1020. The molecule has 0 saturated heterocycles. The number of anilines is 1. The van der Waals surface area contributed by atoms with E-state index >= 15 is 0 Å². The summed E-state index contributed by atoms with van der Waals surface area (Å²) in [5.74, 6) is 1.62. The minimum atomic E-state index is -0.338. The van der Waals surface area contributed by atoms with Crippen LogP contribution in [0.2, 0.25) is 0 Å². The molecule has 0 aliphatic heterocycles. The molecule has 30 heavy (non-hydrogen) atoms. The maximum Gasteiger partial charge on any atom is 0.238 e. The van der Waals surface area contributed by atoms with Gasteiger partial charge < -0.3 is 30.0 Å². The van der Waals surface area contributed by atoms with E-state index < -0.39 is 0 Å². The lowest BCUT2D eigenvalue weighted by Crippen LogP contribution is -2.22. The number of amides is 1. The molecule has 0 fully saturated rings. The molecule has 10 heteroatoms. The van der Waals surface area contributed by atoms with Gasteiger partial charge in [-0.3, -0.25) is 4.79 Å². The van der Waals surface area contributed by atoms with E-state index in [1.807, 2.05) is 6.07 Å². The molecule has 0 unspecified atom stereocenters. The maximum absolute atomic E-state index is 11.8. The number of nitrogens with one attached hydrogen (secondary N) is 2. The first-order valence-corrected chi connectivity index (χ1v) is 8.95.